The van der Waals surface area contributed by atoms with Gasteiger partial charge in [-0.05, 0) is 13.0 Å². The molecule has 0 aliphatic carbocycles. The highest BCUT2D eigenvalue weighted by Crippen LogP contribution is 2.38. The molecule has 0 unspecified atom stereocenters. The van der Waals surface area contributed by atoms with Gasteiger partial charge in [0.1, 0.15) is 18.9 Å². The molecule has 0 N–H and O–H groups in total. The van der Waals surface area contributed by atoms with Crippen LogP contribution in [0.3, 0.4) is 0 Å². The van der Waals surface area contributed by atoms with Crippen molar-refractivity contribution in [2.75, 3.05) is 13.2 Å². The zero-order chi connectivity index (χ0) is 13.4. The number of benzene rings is 1. The van der Waals surface area contributed by atoms with Gasteiger partial charge in [-0.25, -0.2) is 4.68 Å². The van der Waals surface area contributed by atoms with E-state index in [0.717, 1.165) is 5.69 Å². The quantitative estimate of drug-likeness (QED) is 0.609. The fraction of sp³-hybridized carbons (Fsp3) is 0.250. The van der Waals surface area contributed by atoms with Gasteiger partial charge >= 0.3 is 0 Å². The van der Waals surface area contributed by atoms with Gasteiger partial charge in [-0.15, -0.1) is 0 Å². The molecule has 3 rings (SSSR count). The van der Waals surface area contributed by atoms with Gasteiger partial charge in [0.05, 0.1) is 16.7 Å². The zero-order valence-electron chi connectivity index (χ0n) is 10.2. The van der Waals surface area contributed by atoms with Crippen LogP contribution in [0.5, 0.6) is 11.5 Å². The van der Waals surface area contributed by atoms with Crippen LogP contribution in [0, 0.1) is 17.0 Å². The summed E-state index contributed by atoms with van der Waals surface area (Å²) in [4.78, 5) is 10.7. The summed E-state index contributed by atoms with van der Waals surface area (Å²) >= 11 is 0. The Bertz CT molecular complexity index is 650. The van der Waals surface area contributed by atoms with E-state index < -0.39 is 4.92 Å². The monoisotopic (exact) mass is 261 g/mol. The van der Waals surface area contributed by atoms with Crippen molar-refractivity contribution in [3.8, 4) is 17.2 Å². The first-order chi connectivity index (χ1) is 9.15. The zero-order valence-corrected chi connectivity index (χ0v) is 10.2. The third kappa shape index (κ3) is 1.99. The van der Waals surface area contributed by atoms with E-state index >= 15 is 0 Å². The molecule has 1 aromatic heterocycles. The molecule has 1 aromatic carbocycles. The van der Waals surface area contributed by atoms with E-state index in [2.05, 4.69) is 5.10 Å². The van der Waals surface area contributed by atoms with Gasteiger partial charge in [0.2, 0.25) is 0 Å². The molecule has 0 bridgehead atoms. The Morgan fingerprint density at radius 2 is 2.00 bits per heavy atom. The summed E-state index contributed by atoms with van der Waals surface area (Å²) in [6, 6.07) is 4.74. The molecular formula is C12H11N3O4. The lowest BCUT2D eigenvalue weighted by Crippen LogP contribution is -2.16. The molecule has 0 spiro atoms. The van der Waals surface area contributed by atoms with E-state index in [1.807, 2.05) is 6.92 Å². The highest BCUT2D eigenvalue weighted by atomic mass is 16.6. The summed E-state index contributed by atoms with van der Waals surface area (Å²) in [6.45, 7) is 2.65. The number of nitro benzene ring substituents is 1. The van der Waals surface area contributed by atoms with E-state index in [4.69, 9.17) is 9.47 Å². The lowest BCUT2D eigenvalue weighted by atomic mass is 10.2. The normalized spacial score (nSPS) is 13.3. The molecule has 1 aliphatic rings. The van der Waals surface area contributed by atoms with Crippen LogP contribution >= 0.6 is 0 Å². The van der Waals surface area contributed by atoms with Crippen molar-refractivity contribution in [1.29, 1.82) is 0 Å². The molecular weight excluding hydrogens is 250 g/mol. The molecule has 0 saturated carbocycles. The first-order valence-corrected chi connectivity index (χ1v) is 5.76. The molecule has 7 nitrogen and oxygen atoms in total. The summed E-state index contributed by atoms with van der Waals surface area (Å²) in [6.07, 6.45) is 1.67. The number of nitrogens with zero attached hydrogens (tertiary/aromatic N) is 3. The standard InChI is InChI=1S/C12H11N3O4/c1-8-2-3-14(13-8)9-6-11-12(19-5-4-18-11)7-10(9)15(16)17/h2-3,6-7H,4-5H2,1H3. The second-order valence-corrected chi connectivity index (χ2v) is 4.14. The van der Waals surface area contributed by atoms with Crippen molar-refractivity contribution < 1.29 is 14.4 Å². The smallest absolute Gasteiger partial charge is 0.298 e. The van der Waals surface area contributed by atoms with Crippen LogP contribution in [-0.2, 0) is 0 Å². The van der Waals surface area contributed by atoms with Crippen molar-refractivity contribution in [2.45, 2.75) is 6.92 Å². The second-order valence-electron chi connectivity index (χ2n) is 4.14. The van der Waals surface area contributed by atoms with Crippen LogP contribution in [0.25, 0.3) is 5.69 Å². The number of rotatable bonds is 2. The largest absolute Gasteiger partial charge is 0.486 e. The van der Waals surface area contributed by atoms with Gasteiger partial charge in [-0.1, -0.05) is 0 Å². The maximum absolute atomic E-state index is 11.2. The maximum atomic E-state index is 11.2. The van der Waals surface area contributed by atoms with Crippen molar-refractivity contribution in [3.63, 3.8) is 0 Å². The fourth-order valence-electron chi connectivity index (χ4n) is 1.95. The topological polar surface area (TPSA) is 79.4 Å². The summed E-state index contributed by atoms with van der Waals surface area (Å²) in [5.41, 5.74) is 1.08. The number of fused-ring (bicyclic) bond motifs is 1. The van der Waals surface area contributed by atoms with Crippen molar-refractivity contribution in [2.24, 2.45) is 0 Å². The molecule has 2 aromatic rings. The SMILES string of the molecule is Cc1ccn(-c2cc3c(cc2[N+](=O)[O-])OCCO3)n1. The molecule has 1 aliphatic heterocycles. The Kier molecular flexibility index (Phi) is 2.59. The summed E-state index contributed by atoms with van der Waals surface area (Å²) in [7, 11) is 0. The number of ether oxygens (including phenoxy) is 2. The Hall–Kier alpha value is -2.57. The predicted molar refractivity (Wildman–Crippen MR) is 65.9 cm³/mol. The van der Waals surface area contributed by atoms with Crippen LogP contribution in [0.4, 0.5) is 5.69 Å². The van der Waals surface area contributed by atoms with Gasteiger partial charge in [-0.2, -0.15) is 5.10 Å². The third-order valence-corrected chi connectivity index (χ3v) is 2.81. The van der Waals surface area contributed by atoms with Crippen LogP contribution in [-0.4, -0.2) is 27.9 Å². The maximum Gasteiger partial charge on any atom is 0.298 e. The van der Waals surface area contributed by atoms with Gasteiger partial charge in [-0.3, -0.25) is 10.1 Å². The number of aromatic nitrogens is 2. The van der Waals surface area contributed by atoms with Crippen LogP contribution in [0.1, 0.15) is 5.69 Å². The minimum Gasteiger partial charge on any atom is -0.486 e. The molecule has 0 atom stereocenters. The average Bonchev–Trinajstić information content (AvgIpc) is 2.83. The Morgan fingerprint density at radius 1 is 1.32 bits per heavy atom. The van der Waals surface area contributed by atoms with Crippen LogP contribution in [0.15, 0.2) is 24.4 Å². The summed E-state index contributed by atoms with van der Waals surface area (Å²) in [5.74, 6) is 0.894. The van der Waals surface area contributed by atoms with Crippen molar-refractivity contribution in [1.82, 2.24) is 9.78 Å². The van der Waals surface area contributed by atoms with Gasteiger partial charge < -0.3 is 9.47 Å². The molecule has 0 fully saturated rings. The number of hydrogen-bond donors (Lipinski definition) is 0. The average molecular weight is 261 g/mol. The molecule has 98 valence electrons. The van der Waals surface area contributed by atoms with Gasteiger partial charge in [0, 0.05) is 12.3 Å². The molecule has 0 amide bonds. The highest BCUT2D eigenvalue weighted by molar-refractivity contribution is 5.62. The van der Waals surface area contributed by atoms with E-state index in [-0.39, 0.29) is 5.69 Å². The first kappa shape index (κ1) is 11.5. The molecule has 7 heteroatoms. The third-order valence-electron chi connectivity index (χ3n) is 2.81. The minimum atomic E-state index is -0.454. The van der Waals surface area contributed by atoms with E-state index in [1.165, 1.54) is 10.7 Å². The molecule has 0 saturated heterocycles. The van der Waals surface area contributed by atoms with E-state index in [0.29, 0.717) is 30.4 Å². The number of aryl methyl sites for hydroxylation is 1. The van der Waals surface area contributed by atoms with Crippen molar-refractivity contribution >= 4 is 5.69 Å². The van der Waals surface area contributed by atoms with E-state index in [1.54, 1.807) is 18.3 Å². The molecule has 0 radical (unpaired) electrons. The lowest BCUT2D eigenvalue weighted by Gasteiger charge is -2.18. The van der Waals surface area contributed by atoms with Gasteiger partial charge in [0.25, 0.3) is 5.69 Å². The Labute approximate surface area is 108 Å². The van der Waals surface area contributed by atoms with Crippen LogP contribution in [0.2, 0.25) is 0 Å². The van der Waals surface area contributed by atoms with Crippen LogP contribution < -0.4 is 9.47 Å². The van der Waals surface area contributed by atoms with E-state index in [9.17, 15) is 10.1 Å². The highest BCUT2D eigenvalue weighted by Gasteiger charge is 2.23. The number of nitro groups is 1. The molecule has 2 heterocycles. The second kappa shape index (κ2) is 4.27. The van der Waals surface area contributed by atoms with Gasteiger partial charge in [0.15, 0.2) is 11.5 Å². The fourth-order valence-corrected chi connectivity index (χ4v) is 1.95. The minimum absolute atomic E-state index is 0.0626. The predicted octanol–water partition coefficient (Wildman–Crippen LogP) is 1.86. The van der Waals surface area contributed by atoms with Crippen molar-refractivity contribution in [3.05, 3.63) is 40.2 Å². The first-order valence-electron chi connectivity index (χ1n) is 5.76. The lowest BCUT2D eigenvalue weighted by molar-refractivity contribution is -0.384. The molecule has 19 heavy (non-hydrogen) atoms. The summed E-state index contributed by atoms with van der Waals surface area (Å²) in [5, 5.41) is 15.3. The number of hydrogen-bond acceptors (Lipinski definition) is 5. The Balaban J connectivity index is 2.18. The Morgan fingerprint density at radius 3 is 2.58 bits per heavy atom. The summed E-state index contributed by atoms with van der Waals surface area (Å²) < 4.78 is 12.3.